The van der Waals surface area contributed by atoms with Crippen molar-refractivity contribution in [3.8, 4) is 5.75 Å². The molecular formula is C15H14BrNO3. The van der Waals surface area contributed by atoms with E-state index in [1.54, 1.807) is 6.07 Å². The van der Waals surface area contributed by atoms with E-state index in [0.29, 0.717) is 4.47 Å². The van der Waals surface area contributed by atoms with Crippen LogP contribution in [0.25, 0.3) is 0 Å². The minimum Gasteiger partial charge on any atom is -0.507 e. The highest BCUT2D eigenvalue weighted by molar-refractivity contribution is 9.10. The second-order valence-corrected chi connectivity index (χ2v) is 5.20. The van der Waals surface area contributed by atoms with Crippen LogP contribution in [0.3, 0.4) is 0 Å². The summed E-state index contributed by atoms with van der Waals surface area (Å²) in [5.41, 5.74) is 0.975. The lowest BCUT2D eigenvalue weighted by Crippen LogP contribution is -2.30. The molecule has 0 aliphatic heterocycles. The van der Waals surface area contributed by atoms with Crippen LogP contribution < -0.4 is 5.32 Å². The molecule has 2 aromatic carbocycles. The number of amides is 1. The number of phenolic OH excluding ortho intramolecular Hbond substituents is 1. The Morgan fingerprint density at radius 2 is 1.90 bits per heavy atom. The molecule has 4 nitrogen and oxygen atoms in total. The molecule has 2 rings (SSSR count). The van der Waals surface area contributed by atoms with E-state index in [0.717, 1.165) is 5.56 Å². The third-order valence-electron chi connectivity index (χ3n) is 2.89. The topological polar surface area (TPSA) is 69.6 Å². The van der Waals surface area contributed by atoms with Gasteiger partial charge in [0, 0.05) is 4.47 Å². The maximum atomic E-state index is 12.1. The molecule has 0 aliphatic rings. The van der Waals surface area contributed by atoms with Gasteiger partial charge in [-0.15, -0.1) is 0 Å². The van der Waals surface area contributed by atoms with Gasteiger partial charge in [0.15, 0.2) is 0 Å². The lowest BCUT2D eigenvalue weighted by atomic mass is 10.1. The highest BCUT2D eigenvalue weighted by Crippen LogP contribution is 2.23. The summed E-state index contributed by atoms with van der Waals surface area (Å²) in [6.45, 7) is -0.215. The molecule has 0 bridgehead atoms. The summed E-state index contributed by atoms with van der Waals surface area (Å²) in [7, 11) is 0. The number of halogens is 1. The van der Waals surface area contributed by atoms with Crippen molar-refractivity contribution in [2.45, 2.75) is 6.04 Å². The Bertz CT molecular complexity index is 601. The number of nitrogens with one attached hydrogen (secondary N) is 1. The quantitative estimate of drug-likeness (QED) is 0.804. The molecule has 0 aliphatic carbocycles. The van der Waals surface area contributed by atoms with Crippen molar-refractivity contribution < 1.29 is 15.0 Å². The van der Waals surface area contributed by atoms with Gasteiger partial charge in [-0.2, -0.15) is 0 Å². The molecule has 3 N–H and O–H groups in total. The number of benzene rings is 2. The average molecular weight is 336 g/mol. The second kappa shape index (κ2) is 6.54. The molecule has 0 heterocycles. The first-order valence-corrected chi connectivity index (χ1v) is 6.86. The highest BCUT2D eigenvalue weighted by Gasteiger charge is 2.17. The third-order valence-corrected chi connectivity index (χ3v) is 3.39. The molecule has 2 aromatic rings. The summed E-state index contributed by atoms with van der Waals surface area (Å²) in [6, 6.07) is 13.3. The minimum absolute atomic E-state index is 0.110. The predicted molar refractivity (Wildman–Crippen MR) is 79.5 cm³/mol. The van der Waals surface area contributed by atoms with Crippen molar-refractivity contribution in [2.75, 3.05) is 6.61 Å². The summed E-state index contributed by atoms with van der Waals surface area (Å²) in [5.74, 6) is -0.542. The van der Waals surface area contributed by atoms with Crippen LogP contribution in [0.5, 0.6) is 5.75 Å². The largest absolute Gasteiger partial charge is 0.507 e. The van der Waals surface area contributed by atoms with E-state index in [1.807, 2.05) is 30.3 Å². The Labute approximate surface area is 125 Å². The molecule has 0 fully saturated rings. The number of aliphatic hydroxyl groups excluding tert-OH is 1. The summed E-state index contributed by atoms with van der Waals surface area (Å²) in [5, 5.41) is 21.9. The number of carbonyl (C=O) groups is 1. The molecule has 20 heavy (non-hydrogen) atoms. The summed E-state index contributed by atoms with van der Waals surface area (Å²) < 4.78 is 0.688. The van der Waals surface area contributed by atoms with Gasteiger partial charge in [0.2, 0.25) is 0 Å². The Morgan fingerprint density at radius 1 is 1.20 bits per heavy atom. The van der Waals surface area contributed by atoms with Gasteiger partial charge in [-0.25, -0.2) is 0 Å². The van der Waals surface area contributed by atoms with Gasteiger partial charge in [-0.3, -0.25) is 4.79 Å². The van der Waals surface area contributed by atoms with Crippen LogP contribution in [-0.2, 0) is 0 Å². The smallest absolute Gasteiger partial charge is 0.255 e. The van der Waals surface area contributed by atoms with Gasteiger partial charge in [0.05, 0.1) is 18.2 Å². The van der Waals surface area contributed by atoms with Crippen LogP contribution in [-0.4, -0.2) is 22.7 Å². The lowest BCUT2D eigenvalue weighted by molar-refractivity contribution is 0.0913. The molecule has 5 heteroatoms. The van der Waals surface area contributed by atoms with Crippen LogP contribution >= 0.6 is 15.9 Å². The molecule has 0 unspecified atom stereocenters. The van der Waals surface area contributed by atoms with Crippen molar-refractivity contribution in [3.05, 3.63) is 64.1 Å². The molecule has 0 aromatic heterocycles. The first-order valence-electron chi connectivity index (χ1n) is 6.07. The van der Waals surface area contributed by atoms with Gasteiger partial charge in [-0.1, -0.05) is 46.3 Å². The van der Waals surface area contributed by atoms with Gasteiger partial charge < -0.3 is 15.5 Å². The SMILES string of the molecule is O=C(N[C@H](CO)c1ccccc1)c1ccc(Br)cc1O. The number of aromatic hydroxyl groups is 1. The van der Waals surface area contributed by atoms with Crippen molar-refractivity contribution >= 4 is 21.8 Å². The summed E-state index contributed by atoms with van der Waals surface area (Å²) in [6.07, 6.45) is 0. The zero-order chi connectivity index (χ0) is 14.5. The van der Waals surface area contributed by atoms with Crippen molar-refractivity contribution in [3.63, 3.8) is 0 Å². The first-order chi connectivity index (χ1) is 9.61. The second-order valence-electron chi connectivity index (χ2n) is 4.28. The monoisotopic (exact) mass is 335 g/mol. The number of hydrogen-bond acceptors (Lipinski definition) is 3. The molecule has 1 atom stereocenters. The normalized spacial score (nSPS) is 11.9. The van der Waals surface area contributed by atoms with Crippen molar-refractivity contribution in [1.29, 1.82) is 0 Å². The number of hydrogen-bond donors (Lipinski definition) is 3. The molecule has 0 saturated carbocycles. The van der Waals surface area contributed by atoms with Crippen LogP contribution in [0.15, 0.2) is 53.0 Å². The predicted octanol–water partition coefficient (Wildman–Crippen LogP) is 2.62. The fourth-order valence-electron chi connectivity index (χ4n) is 1.85. The van der Waals surface area contributed by atoms with Crippen LogP contribution in [0, 0.1) is 0 Å². The Balaban J connectivity index is 2.17. The minimum atomic E-state index is -0.508. The number of carbonyl (C=O) groups excluding carboxylic acids is 1. The molecule has 104 valence electrons. The Kier molecular flexibility index (Phi) is 4.76. The van der Waals surface area contributed by atoms with E-state index in [4.69, 9.17) is 0 Å². The number of rotatable bonds is 4. The first kappa shape index (κ1) is 14.6. The van der Waals surface area contributed by atoms with Crippen molar-refractivity contribution in [1.82, 2.24) is 5.32 Å². The molecule has 0 spiro atoms. The van der Waals surface area contributed by atoms with Gasteiger partial charge >= 0.3 is 0 Å². The maximum absolute atomic E-state index is 12.1. The van der Waals surface area contributed by atoms with Crippen LogP contribution in [0.2, 0.25) is 0 Å². The number of phenols is 1. The maximum Gasteiger partial charge on any atom is 0.255 e. The number of aliphatic hydroxyl groups is 1. The third kappa shape index (κ3) is 3.37. The Morgan fingerprint density at radius 3 is 2.50 bits per heavy atom. The molecule has 0 saturated heterocycles. The molecular weight excluding hydrogens is 322 g/mol. The van der Waals surface area contributed by atoms with Gasteiger partial charge in [0.25, 0.3) is 5.91 Å². The zero-order valence-electron chi connectivity index (χ0n) is 10.6. The zero-order valence-corrected chi connectivity index (χ0v) is 12.2. The Hall–Kier alpha value is -1.85. The van der Waals surface area contributed by atoms with E-state index in [9.17, 15) is 15.0 Å². The van der Waals surface area contributed by atoms with Gasteiger partial charge in [-0.05, 0) is 23.8 Å². The van der Waals surface area contributed by atoms with E-state index >= 15 is 0 Å². The standard InChI is InChI=1S/C15H14BrNO3/c16-11-6-7-12(14(19)8-11)15(20)17-13(9-18)10-4-2-1-3-5-10/h1-8,13,18-19H,9H2,(H,17,20)/t13-/m1/s1. The van der Waals surface area contributed by atoms with Crippen LogP contribution in [0.1, 0.15) is 22.0 Å². The van der Waals surface area contributed by atoms with E-state index in [1.165, 1.54) is 12.1 Å². The van der Waals surface area contributed by atoms with Crippen molar-refractivity contribution in [2.24, 2.45) is 0 Å². The van der Waals surface area contributed by atoms with E-state index < -0.39 is 11.9 Å². The van der Waals surface area contributed by atoms with Gasteiger partial charge in [0.1, 0.15) is 5.75 Å². The summed E-state index contributed by atoms with van der Waals surface area (Å²) in [4.78, 5) is 12.1. The summed E-state index contributed by atoms with van der Waals surface area (Å²) >= 11 is 3.21. The fraction of sp³-hybridized carbons (Fsp3) is 0.133. The molecule has 1 amide bonds. The average Bonchev–Trinajstić information content (AvgIpc) is 2.45. The fourth-order valence-corrected chi connectivity index (χ4v) is 2.20. The highest BCUT2D eigenvalue weighted by atomic mass is 79.9. The van der Waals surface area contributed by atoms with Crippen LogP contribution in [0.4, 0.5) is 0 Å². The van der Waals surface area contributed by atoms with E-state index in [-0.39, 0.29) is 17.9 Å². The molecule has 0 radical (unpaired) electrons. The lowest BCUT2D eigenvalue weighted by Gasteiger charge is -2.17. The van der Waals surface area contributed by atoms with E-state index in [2.05, 4.69) is 21.2 Å².